The van der Waals surface area contributed by atoms with Gasteiger partial charge in [-0.15, -0.1) is 0 Å². The maximum Gasteiger partial charge on any atom is 0.269 e. The number of amides is 1. The molecule has 114 valence electrons. The number of carbonyl (C=O) groups excluding carboxylic acids is 2. The fraction of sp³-hybridized carbons (Fsp3) is 0.312. The van der Waals surface area contributed by atoms with Gasteiger partial charge >= 0.3 is 0 Å². The number of primary amides is 1. The molecule has 6 nitrogen and oxygen atoms in total. The molecule has 1 aromatic carbocycles. The average molecular weight is 298 g/mol. The number of imidazole rings is 1. The topological polar surface area (TPSA) is 81.2 Å². The predicted octanol–water partition coefficient (Wildman–Crippen LogP) is 1.30. The minimum atomic E-state index is -0.517. The van der Waals surface area contributed by atoms with Gasteiger partial charge in [0.25, 0.3) is 5.91 Å². The van der Waals surface area contributed by atoms with E-state index in [9.17, 15) is 9.59 Å². The summed E-state index contributed by atoms with van der Waals surface area (Å²) in [7, 11) is 2.01. The zero-order valence-electron chi connectivity index (χ0n) is 12.5. The molecule has 3 rings (SSSR count). The van der Waals surface area contributed by atoms with Gasteiger partial charge in [-0.1, -0.05) is 18.2 Å². The van der Waals surface area contributed by atoms with Gasteiger partial charge in [-0.3, -0.25) is 9.59 Å². The van der Waals surface area contributed by atoms with Crippen LogP contribution in [0.25, 0.3) is 11.4 Å². The molecule has 0 bridgehead atoms. The molecule has 2 aromatic rings. The third kappa shape index (κ3) is 2.53. The number of hydrogen-bond acceptors (Lipinski definition) is 4. The summed E-state index contributed by atoms with van der Waals surface area (Å²) < 4.78 is 2.05. The second-order valence-corrected chi connectivity index (χ2v) is 5.58. The number of carbonyl (C=O) groups is 2. The molecule has 1 aromatic heterocycles. The van der Waals surface area contributed by atoms with Crippen molar-refractivity contribution >= 4 is 12.2 Å². The number of nitrogens with zero attached hydrogens (tertiary/aromatic N) is 3. The fourth-order valence-electron chi connectivity index (χ4n) is 2.89. The maximum atomic E-state index is 11.7. The molecule has 0 radical (unpaired) electrons. The average Bonchev–Trinajstić information content (AvgIpc) is 2.75. The molecule has 2 N–H and O–H groups in total. The normalized spacial score (nSPS) is 15.1. The van der Waals surface area contributed by atoms with Gasteiger partial charge in [0.15, 0.2) is 5.69 Å². The Bertz CT molecular complexity index is 736. The van der Waals surface area contributed by atoms with Gasteiger partial charge < -0.3 is 15.2 Å². The third-order valence-electron chi connectivity index (χ3n) is 3.93. The van der Waals surface area contributed by atoms with Crippen molar-refractivity contribution in [1.82, 2.24) is 14.5 Å². The van der Waals surface area contributed by atoms with Crippen LogP contribution in [0.3, 0.4) is 0 Å². The van der Waals surface area contributed by atoms with Crippen molar-refractivity contribution in [3.8, 4) is 11.4 Å². The van der Waals surface area contributed by atoms with E-state index in [1.807, 2.05) is 23.7 Å². The largest absolute Gasteiger partial charge is 0.364 e. The summed E-state index contributed by atoms with van der Waals surface area (Å²) >= 11 is 0. The molecule has 0 spiro atoms. The number of aldehydes is 1. The summed E-state index contributed by atoms with van der Waals surface area (Å²) in [4.78, 5) is 29.3. The van der Waals surface area contributed by atoms with Crippen LogP contribution in [0.5, 0.6) is 0 Å². The Morgan fingerprint density at radius 1 is 1.36 bits per heavy atom. The molecule has 0 saturated carbocycles. The molecule has 0 fully saturated rings. The van der Waals surface area contributed by atoms with Gasteiger partial charge in [0.2, 0.25) is 0 Å². The van der Waals surface area contributed by atoms with E-state index in [1.54, 1.807) is 12.1 Å². The molecule has 6 heteroatoms. The SMILES string of the molecule is CN1CCCn2c(-c3cccc(C=O)c3)nc(C(N)=O)c2C1. The molecule has 1 aliphatic heterocycles. The van der Waals surface area contributed by atoms with Gasteiger partial charge in [-0.2, -0.15) is 0 Å². The van der Waals surface area contributed by atoms with Crippen molar-refractivity contribution in [2.45, 2.75) is 19.5 Å². The second-order valence-electron chi connectivity index (χ2n) is 5.58. The summed E-state index contributed by atoms with van der Waals surface area (Å²) in [6, 6.07) is 7.23. The van der Waals surface area contributed by atoms with Crippen LogP contribution in [-0.4, -0.2) is 40.2 Å². The van der Waals surface area contributed by atoms with Crippen molar-refractivity contribution in [2.75, 3.05) is 13.6 Å². The van der Waals surface area contributed by atoms with Crippen LogP contribution in [0.1, 0.15) is 33.0 Å². The van der Waals surface area contributed by atoms with Crippen LogP contribution >= 0.6 is 0 Å². The zero-order valence-corrected chi connectivity index (χ0v) is 12.5. The first-order valence-electron chi connectivity index (χ1n) is 7.23. The Hall–Kier alpha value is -2.47. The van der Waals surface area contributed by atoms with E-state index in [1.165, 1.54) is 0 Å². The molecule has 1 amide bonds. The first-order chi connectivity index (χ1) is 10.6. The van der Waals surface area contributed by atoms with Crippen LogP contribution in [0, 0.1) is 0 Å². The van der Waals surface area contributed by atoms with E-state index < -0.39 is 5.91 Å². The Kier molecular flexibility index (Phi) is 3.77. The highest BCUT2D eigenvalue weighted by Gasteiger charge is 2.24. The van der Waals surface area contributed by atoms with E-state index in [-0.39, 0.29) is 0 Å². The standard InChI is InChI=1S/C16H18N4O2/c1-19-6-3-7-20-13(9-19)14(15(17)22)18-16(20)12-5-2-4-11(8-12)10-21/h2,4-5,8,10H,3,6-7,9H2,1H3,(H2,17,22). The van der Waals surface area contributed by atoms with Crippen molar-refractivity contribution in [3.63, 3.8) is 0 Å². The molecular weight excluding hydrogens is 280 g/mol. The van der Waals surface area contributed by atoms with Gasteiger partial charge in [-0.05, 0) is 26.1 Å². The lowest BCUT2D eigenvalue weighted by Gasteiger charge is -2.12. The lowest BCUT2D eigenvalue weighted by molar-refractivity contribution is 0.0993. The lowest BCUT2D eigenvalue weighted by Crippen LogP contribution is -2.21. The van der Waals surface area contributed by atoms with Crippen molar-refractivity contribution < 1.29 is 9.59 Å². The summed E-state index contributed by atoms with van der Waals surface area (Å²) in [6.45, 7) is 2.37. The molecule has 0 atom stereocenters. The molecule has 0 unspecified atom stereocenters. The van der Waals surface area contributed by atoms with Gasteiger partial charge in [0, 0.05) is 24.2 Å². The van der Waals surface area contributed by atoms with E-state index >= 15 is 0 Å². The number of nitrogens with two attached hydrogens (primary N) is 1. The van der Waals surface area contributed by atoms with Gasteiger partial charge in [0.1, 0.15) is 12.1 Å². The zero-order chi connectivity index (χ0) is 15.7. The van der Waals surface area contributed by atoms with Gasteiger partial charge in [0.05, 0.1) is 5.69 Å². The number of aromatic nitrogens is 2. The first kappa shape index (κ1) is 14.5. The highest BCUT2D eigenvalue weighted by atomic mass is 16.1. The van der Waals surface area contributed by atoms with Crippen molar-refractivity contribution in [3.05, 3.63) is 41.2 Å². The summed E-state index contributed by atoms with van der Waals surface area (Å²) in [6.07, 6.45) is 1.77. The number of rotatable bonds is 3. The van der Waals surface area contributed by atoms with E-state index in [4.69, 9.17) is 5.73 Å². The Balaban J connectivity index is 2.17. The summed E-state index contributed by atoms with van der Waals surface area (Å²) in [5.74, 6) is 0.180. The third-order valence-corrected chi connectivity index (χ3v) is 3.93. The number of fused-ring (bicyclic) bond motifs is 1. The highest BCUT2D eigenvalue weighted by Crippen LogP contribution is 2.26. The minimum absolute atomic E-state index is 0.320. The van der Waals surface area contributed by atoms with Crippen LogP contribution < -0.4 is 5.73 Å². The predicted molar refractivity (Wildman–Crippen MR) is 82.5 cm³/mol. The number of hydrogen-bond donors (Lipinski definition) is 1. The molecule has 22 heavy (non-hydrogen) atoms. The van der Waals surface area contributed by atoms with Crippen LogP contribution in [0.4, 0.5) is 0 Å². The van der Waals surface area contributed by atoms with E-state index in [2.05, 4.69) is 9.88 Å². The van der Waals surface area contributed by atoms with E-state index in [0.717, 1.165) is 37.1 Å². The second kappa shape index (κ2) is 5.73. The lowest BCUT2D eigenvalue weighted by atomic mass is 10.1. The quantitative estimate of drug-likeness (QED) is 0.866. The molecule has 1 aliphatic rings. The first-order valence-corrected chi connectivity index (χ1v) is 7.23. The van der Waals surface area contributed by atoms with E-state index in [0.29, 0.717) is 23.6 Å². The smallest absolute Gasteiger partial charge is 0.269 e. The van der Waals surface area contributed by atoms with Crippen LogP contribution in [0.2, 0.25) is 0 Å². The maximum absolute atomic E-state index is 11.7. The summed E-state index contributed by atoms with van der Waals surface area (Å²) in [5, 5.41) is 0. The van der Waals surface area contributed by atoms with Crippen LogP contribution in [-0.2, 0) is 13.1 Å². The monoisotopic (exact) mass is 298 g/mol. The van der Waals surface area contributed by atoms with Crippen molar-refractivity contribution in [2.24, 2.45) is 5.73 Å². The summed E-state index contributed by atoms with van der Waals surface area (Å²) in [5.41, 5.74) is 8.06. The molecular formula is C16H18N4O2. The van der Waals surface area contributed by atoms with Gasteiger partial charge in [-0.25, -0.2) is 4.98 Å². The Morgan fingerprint density at radius 2 is 2.18 bits per heavy atom. The number of benzene rings is 1. The Morgan fingerprint density at radius 3 is 2.91 bits per heavy atom. The molecule has 0 saturated heterocycles. The molecule has 0 aliphatic carbocycles. The van der Waals surface area contributed by atoms with Crippen LogP contribution in [0.15, 0.2) is 24.3 Å². The minimum Gasteiger partial charge on any atom is -0.364 e. The fourth-order valence-corrected chi connectivity index (χ4v) is 2.89. The Labute approximate surface area is 128 Å². The highest BCUT2D eigenvalue weighted by molar-refractivity contribution is 5.93. The molecule has 2 heterocycles. The van der Waals surface area contributed by atoms with Crippen molar-refractivity contribution in [1.29, 1.82) is 0 Å².